The predicted molar refractivity (Wildman–Crippen MR) is 113 cm³/mol. The van der Waals surface area contributed by atoms with Crippen molar-refractivity contribution in [2.75, 3.05) is 0 Å². The van der Waals surface area contributed by atoms with Crippen molar-refractivity contribution < 1.29 is 26.4 Å². The van der Waals surface area contributed by atoms with Gasteiger partial charge in [0, 0.05) is 47.5 Å². The number of hydrogen-bond acceptors (Lipinski definition) is 5. The Kier molecular flexibility index (Phi) is 7.95. The Morgan fingerprint density at radius 3 is 1.63 bits per heavy atom. The number of carboxylic acid groups (broad SMARTS) is 1. The predicted octanol–water partition coefficient (Wildman–Crippen LogP) is 4.73. The zero-order valence-electron chi connectivity index (χ0n) is 16.7. The SMILES string of the molecule is CC(=O)O.Cc1ccnc(N=C2[N-]C(=Nc3cc(C)ccn3)c3ccccc32)c1.[Ni]. The van der Waals surface area contributed by atoms with Crippen LogP contribution in [0.2, 0.25) is 0 Å². The van der Waals surface area contributed by atoms with Crippen molar-refractivity contribution in [1.29, 1.82) is 0 Å². The first-order valence-corrected chi connectivity index (χ1v) is 8.96. The minimum atomic E-state index is -0.833. The molecule has 30 heavy (non-hydrogen) atoms. The van der Waals surface area contributed by atoms with Crippen LogP contribution >= 0.6 is 0 Å². The fourth-order valence-corrected chi connectivity index (χ4v) is 2.64. The van der Waals surface area contributed by atoms with Gasteiger partial charge in [-0.25, -0.2) is 0 Å². The topological polar surface area (TPSA) is 102 Å². The van der Waals surface area contributed by atoms with Gasteiger partial charge < -0.3 is 20.4 Å². The monoisotopic (exact) mass is 444 g/mol. The Hall–Kier alpha value is -3.38. The first-order chi connectivity index (χ1) is 13.9. The van der Waals surface area contributed by atoms with Gasteiger partial charge in [0.15, 0.2) is 0 Å². The van der Waals surface area contributed by atoms with Crippen molar-refractivity contribution in [3.05, 3.63) is 88.5 Å². The molecule has 1 aromatic carbocycles. The molecule has 1 aliphatic rings. The summed E-state index contributed by atoms with van der Waals surface area (Å²) in [7, 11) is 0. The summed E-state index contributed by atoms with van der Waals surface area (Å²) in [4.78, 5) is 26.8. The van der Waals surface area contributed by atoms with Gasteiger partial charge in [-0.1, -0.05) is 24.3 Å². The molecule has 0 fully saturated rings. The normalized spacial score (nSPS) is 14.2. The maximum Gasteiger partial charge on any atom is 0.300 e. The van der Waals surface area contributed by atoms with E-state index in [4.69, 9.17) is 9.90 Å². The summed E-state index contributed by atoms with van der Waals surface area (Å²) in [6.07, 6.45) is 3.50. The quantitative estimate of drug-likeness (QED) is 0.577. The van der Waals surface area contributed by atoms with E-state index < -0.39 is 5.97 Å². The maximum atomic E-state index is 9.00. The second-order valence-electron chi connectivity index (χ2n) is 6.43. The third-order valence-corrected chi connectivity index (χ3v) is 3.86. The molecule has 0 bridgehead atoms. The molecule has 1 aliphatic heterocycles. The Morgan fingerprint density at radius 2 is 1.27 bits per heavy atom. The van der Waals surface area contributed by atoms with Crippen LogP contribution in [0.3, 0.4) is 0 Å². The molecule has 2 aromatic heterocycles. The van der Waals surface area contributed by atoms with Crippen molar-refractivity contribution in [3.8, 4) is 0 Å². The van der Waals surface area contributed by atoms with Gasteiger partial charge in [-0.15, -0.1) is 0 Å². The van der Waals surface area contributed by atoms with Crippen molar-refractivity contribution in [1.82, 2.24) is 9.97 Å². The Bertz CT molecular complexity index is 1030. The molecule has 0 amide bonds. The van der Waals surface area contributed by atoms with Gasteiger partial charge in [0.05, 0.1) is 11.6 Å². The number of aliphatic carboxylic acids is 1. The van der Waals surface area contributed by atoms with E-state index >= 15 is 0 Å². The molecule has 0 atom stereocenters. The van der Waals surface area contributed by atoms with Crippen LogP contribution in [0, 0.1) is 13.8 Å². The summed E-state index contributed by atoms with van der Waals surface area (Å²) in [6, 6.07) is 15.7. The Labute approximate surface area is 185 Å². The number of rotatable bonds is 2. The van der Waals surface area contributed by atoms with E-state index in [1.807, 2.05) is 62.4 Å². The van der Waals surface area contributed by atoms with Gasteiger partial charge >= 0.3 is 0 Å². The van der Waals surface area contributed by atoms with Crippen LogP contribution in [0.15, 0.2) is 70.9 Å². The average molecular weight is 445 g/mol. The summed E-state index contributed by atoms with van der Waals surface area (Å²) in [5, 5.41) is 12.0. The number of nitrogens with zero attached hydrogens (tertiary/aromatic N) is 5. The van der Waals surface area contributed by atoms with Gasteiger partial charge in [0.1, 0.15) is 0 Å². The van der Waals surface area contributed by atoms with Gasteiger partial charge in [0.2, 0.25) is 0 Å². The molecule has 0 spiro atoms. The first-order valence-electron chi connectivity index (χ1n) is 8.96. The number of aryl methyl sites for hydroxylation is 2. The molecule has 0 saturated carbocycles. The van der Waals surface area contributed by atoms with Crippen molar-refractivity contribution in [2.24, 2.45) is 9.98 Å². The van der Waals surface area contributed by atoms with E-state index in [1.54, 1.807) is 12.4 Å². The standard InChI is InChI=1S/C20H16N5.C2H4O2.Ni/c1-13-7-9-21-17(11-13)23-19-15-5-3-4-6-16(15)20(25-19)24-18-12-14(2)8-10-22-18;1-2(3)4;/h3-12H,1-2H3;1H3,(H,3,4);/q-1;;. The molecule has 0 radical (unpaired) electrons. The zero-order valence-corrected chi connectivity index (χ0v) is 17.7. The summed E-state index contributed by atoms with van der Waals surface area (Å²) < 4.78 is 0. The third-order valence-electron chi connectivity index (χ3n) is 3.86. The number of benzene rings is 1. The molecule has 8 heteroatoms. The Balaban J connectivity index is 0.000000591. The van der Waals surface area contributed by atoms with Crippen LogP contribution in [-0.4, -0.2) is 32.7 Å². The summed E-state index contributed by atoms with van der Waals surface area (Å²) in [5.41, 5.74) is 4.13. The fraction of sp³-hybridized carbons (Fsp3) is 0.136. The number of carboxylic acids is 1. The van der Waals surface area contributed by atoms with Crippen molar-refractivity contribution in [3.63, 3.8) is 0 Å². The minimum absolute atomic E-state index is 0. The number of hydrogen-bond donors (Lipinski definition) is 1. The van der Waals surface area contributed by atoms with Crippen molar-refractivity contribution in [2.45, 2.75) is 20.8 Å². The largest absolute Gasteiger partial charge is 0.481 e. The third kappa shape index (κ3) is 6.06. The van der Waals surface area contributed by atoms with Gasteiger partial charge in [-0.2, -0.15) is 0 Å². The molecule has 3 aromatic rings. The number of carbonyl (C=O) groups is 1. The van der Waals surface area contributed by atoms with Crippen molar-refractivity contribution >= 4 is 29.3 Å². The number of pyridine rings is 2. The number of aromatic nitrogens is 2. The van der Waals surface area contributed by atoms with Crippen LogP contribution in [0.4, 0.5) is 11.6 Å². The van der Waals surface area contributed by atoms with Gasteiger partial charge in [0.25, 0.3) is 5.97 Å². The number of aliphatic imine (C=N–C) groups is 2. The van der Waals surface area contributed by atoms with Crippen LogP contribution in [-0.2, 0) is 21.3 Å². The molecule has 4 rings (SSSR count). The molecule has 156 valence electrons. The second-order valence-corrected chi connectivity index (χ2v) is 6.43. The average Bonchev–Trinajstić information content (AvgIpc) is 2.99. The first kappa shape index (κ1) is 22.9. The fourth-order valence-electron chi connectivity index (χ4n) is 2.64. The molecule has 1 N–H and O–H groups in total. The molecule has 7 nitrogen and oxygen atoms in total. The van der Waals surface area contributed by atoms with E-state index in [0.29, 0.717) is 23.3 Å². The molecular weight excluding hydrogens is 425 g/mol. The van der Waals surface area contributed by atoms with Crippen LogP contribution < -0.4 is 0 Å². The van der Waals surface area contributed by atoms with Crippen LogP contribution in [0.1, 0.15) is 29.2 Å². The van der Waals surface area contributed by atoms with Crippen LogP contribution in [0.5, 0.6) is 0 Å². The molecular formula is C22H20N5NiO2-. The maximum absolute atomic E-state index is 9.00. The zero-order chi connectivity index (χ0) is 20.8. The minimum Gasteiger partial charge on any atom is -0.481 e. The summed E-state index contributed by atoms with van der Waals surface area (Å²) in [5.74, 6) is 1.70. The molecule has 0 unspecified atom stereocenters. The number of amidine groups is 2. The molecule has 0 saturated heterocycles. The van der Waals surface area contributed by atoms with E-state index in [9.17, 15) is 0 Å². The summed E-state index contributed by atoms with van der Waals surface area (Å²) >= 11 is 0. The van der Waals surface area contributed by atoms with Crippen LogP contribution in [0.25, 0.3) is 5.32 Å². The van der Waals surface area contributed by atoms with E-state index in [1.165, 1.54) is 0 Å². The Morgan fingerprint density at radius 1 is 0.867 bits per heavy atom. The smallest absolute Gasteiger partial charge is 0.300 e. The number of fused-ring (bicyclic) bond motifs is 1. The van der Waals surface area contributed by atoms with E-state index in [-0.39, 0.29) is 16.5 Å². The second kappa shape index (κ2) is 10.4. The van der Waals surface area contributed by atoms with Gasteiger partial charge in [-0.05, 0) is 60.4 Å². The van der Waals surface area contributed by atoms with E-state index in [2.05, 4.69) is 25.3 Å². The molecule has 0 aliphatic carbocycles. The molecule has 3 heterocycles. The van der Waals surface area contributed by atoms with Gasteiger partial charge in [-0.3, -0.25) is 14.8 Å². The summed E-state index contributed by atoms with van der Waals surface area (Å²) in [6.45, 7) is 5.11. The van der Waals surface area contributed by atoms with E-state index in [0.717, 1.165) is 29.2 Å².